The van der Waals surface area contributed by atoms with Gasteiger partial charge < -0.3 is 10.8 Å². The molecule has 2 atom stereocenters. The maximum absolute atomic E-state index is 10.5. The molecule has 1 aliphatic heterocycles. The molecule has 0 spiro atoms. The van der Waals surface area contributed by atoms with Gasteiger partial charge >= 0.3 is 5.97 Å². The predicted octanol–water partition coefficient (Wildman–Crippen LogP) is -1.02. The molecule has 1 amide bonds. The number of carbonyl (C=O) groups is 2. The first-order valence-corrected chi connectivity index (χ1v) is 4.53. The van der Waals surface area contributed by atoms with E-state index in [1.54, 1.807) is 0 Å². The van der Waals surface area contributed by atoms with Gasteiger partial charge in [-0.15, -0.1) is 11.8 Å². The fraction of sp³-hybridized carbons (Fsp3) is 0.667. The highest BCUT2D eigenvalue weighted by Crippen LogP contribution is 2.20. The van der Waals surface area contributed by atoms with Crippen LogP contribution in [0, 0.1) is 0 Å². The van der Waals surface area contributed by atoms with E-state index < -0.39 is 17.9 Å². The molecular formula is C6H10N2O3S. The van der Waals surface area contributed by atoms with Gasteiger partial charge in [0.05, 0.1) is 11.8 Å². The fourth-order valence-corrected chi connectivity index (χ4v) is 2.18. The van der Waals surface area contributed by atoms with Crippen molar-refractivity contribution in [2.75, 3.05) is 5.75 Å². The Bertz CT molecular complexity index is 209. The summed E-state index contributed by atoms with van der Waals surface area (Å²) in [6.45, 7) is 0. The maximum Gasteiger partial charge on any atom is 0.321 e. The Balaban J connectivity index is 2.35. The van der Waals surface area contributed by atoms with Crippen molar-refractivity contribution in [3.63, 3.8) is 0 Å². The van der Waals surface area contributed by atoms with Gasteiger partial charge in [0.1, 0.15) is 6.04 Å². The first kappa shape index (κ1) is 9.34. The Labute approximate surface area is 73.7 Å². The van der Waals surface area contributed by atoms with Gasteiger partial charge in [-0.2, -0.15) is 0 Å². The van der Waals surface area contributed by atoms with Gasteiger partial charge in [0.25, 0.3) is 0 Å². The summed E-state index contributed by atoms with van der Waals surface area (Å²) in [5.41, 5.74) is 4.95. The van der Waals surface area contributed by atoms with Crippen LogP contribution in [-0.4, -0.2) is 34.2 Å². The van der Waals surface area contributed by atoms with Crippen LogP contribution in [0.5, 0.6) is 0 Å². The second-order valence-electron chi connectivity index (χ2n) is 2.55. The van der Waals surface area contributed by atoms with E-state index in [2.05, 4.69) is 5.32 Å². The van der Waals surface area contributed by atoms with Gasteiger partial charge in [-0.05, 0) is 0 Å². The van der Waals surface area contributed by atoms with Crippen molar-refractivity contribution in [2.45, 2.75) is 17.8 Å². The summed E-state index contributed by atoms with van der Waals surface area (Å²) in [6.07, 6.45) is 0.189. The minimum atomic E-state index is -0.880. The van der Waals surface area contributed by atoms with Crippen molar-refractivity contribution in [3.8, 4) is 0 Å². The van der Waals surface area contributed by atoms with E-state index >= 15 is 0 Å². The predicted molar refractivity (Wildman–Crippen MR) is 44.6 cm³/mol. The highest BCUT2D eigenvalue weighted by molar-refractivity contribution is 8.00. The molecule has 1 heterocycles. The lowest BCUT2D eigenvalue weighted by atomic mass is 10.3. The number of carbonyl (C=O) groups excluding carboxylic acids is 1. The SMILES string of the molecule is NC(=O)CC1NC(C(=O)O)CS1. The fourth-order valence-electron chi connectivity index (χ4n) is 0.976. The molecule has 12 heavy (non-hydrogen) atoms. The van der Waals surface area contributed by atoms with E-state index in [0.29, 0.717) is 5.75 Å². The van der Waals surface area contributed by atoms with Crippen LogP contribution < -0.4 is 11.1 Å². The van der Waals surface area contributed by atoms with E-state index in [4.69, 9.17) is 10.8 Å². The van der Waals surface area contributed by atoms with Crippen molar-refractivity contribution in [3.05, 3.63) is 0 Å². The molecule has 0 aliphatic carbocycles. The van der Waals surface area contributed by atoms with Crippen LogP contribution in [0.15, 0.2) is 0 Å². The third-order valence-electron chi connectivity index (χ3n) is 1.54. The van der Waals surface area contributed by atoms with Crippen LogP contribution in [0.25, 0.3) is 0 Å². The van der Waals surface area contributed by atoms with E-state index in [-0.39, 0.29) is 11.8 Å². The molecule has 0 saturated carbocycles. The molecule has 68 valence electrons. The molecular weight excluding hydrogens is 180 g/mol. The summed E-state index contributed by atoms with van der Waals surface area (Å²) in [5.74, 6) is -0.798. The van der Waals surface area contributed by atoms with Gasteiger partial charge in [0.2, 0.25) is 5.91 Å². The Hall–Kier alpha value is -0.750. The molecule has 0 aromatic heterocycles. The Morgan fingerprint density at radius 1 is 1.67 bits per heavy atom. The number of hydrogen-bond acceptors (Lipinski definition) is 4. The highest BCUT2D eigenvalue weighted by Gasteiger charge is 2.29. The van der Waals surface area contributed by atoms with Crippen molar-refractivity contribution >= 4 is 23.6 Å². The average Bonchev–Trinajstić information content (AvgIpc) is 2.34. The summed E-state index contributed by atoms with van der Waals surface area (Å²) in [5, 5.41) is 11.2. The molecule has 0 aromatic rings. The van der Waals surface area contributed by atoms with Crippen LogP contribution in [0.3, 0.4) is 0 Å². The van der Waals surface area contributed by atoms with Crippen molar-refractivity contribution < 1.29 is 14.7 Å². The number of amides is 1. The molecule has 2 unspecified atom stereocenters. The van der Waals surface area contributed by atoms with E-state index in [1.807, 2.05) is 0 Å². The Morgan fingerprint density at radius 3 is 2.75 bits per heavy atom. The van der Waals surface area contributed by atoms with Crippen LogP contribution in [0.1, 0.15) is 6.42 Å². The minimum Gasteiger partial charge on any atom is -0.480 e. The molecule has 6 heteroatoms. The smallest absolute Gasteiger partial charge is 0.321 e. The van der Waals surface area contributed by atoms with Gasteiger partial charge in [0.15, 0.2) is 0 Å². The van der Waals surface area contributed by atoms with Crippen LogP contribution >= 0.6 is 11.8 Å². The first-order valence-electron chi connectivity index (χ1n) is 3.48. The Morgan fingerprint density at radius 2 is 2.33 bits per heavy atom. The molecule has 1 rings (SSSR count). The molecule has 1 fully saturated rings. The number of rotatable bonds is 3. The van der Waals surface area contributed by atoms with Crippen LogP contribution in [0.2, 0.25) is 0 Å². The number of nitrogens with one attached hydrogen (secondary N) is 1. The number of aliphatic carboxylic acids is 1. The average molecular weight is 190 g/mol. The number of carboxylic acids is 1. The summed E-state index contributed by atoms with van der Waals surface area (Å²) >= 11 is 1.41. The summed E-state index contributed by atoms with van der Waals surface area (Å²) < 4.78 is 0. The van der Waals surface area contributed by atoms with E-state index in [0.717, 1.165) is 0 Å². The normalized spacial score (nSPS) is 28.7. The second-order valence-corrected chi connectivity index (χ2v) is 3.79. The van der Waals surface area contributed by atoms with Crippen molar-refractivity contribution in [1.29, 1.82) is 0 Å². The lowest BCUT2D eigenvalue weighted by molar-refractivity contribution is -0.138. The maximum atomic E-state index is 10.5. The Kier molecular flexibility index (Phi) is 2.93. The van der Waals surface area contributed by atoms with Crippen LogP contribution in [0.4, 0.5) is 0 Å². The summed E-state index contributed by atoms with van der Waals surface area (Å²) in [7, 11) is 0. The van der Waals surface area contributed by atoms with Crippen LogP contribution in [-0.2, 0) is 9.59 Å². The molecule has 0 aromatic carbocycles. The van der Waals surface area contributed by atoms with Gasteiger partial charge in [0, 0.05) is 5.75 Å². The largest absolute Gasteiger partial charge is 0.480 e. The third kappa shape index (κ3) is 2.38. The quantitative estimate of drug-likeness (QED) is 0.529. The zero-order chi connectivity index (χ0) is 9.14. The first-order chi connectivity index (χ1) is 5.59. The second kappa shape index (κ2) is 3.77. The van der Waals surface area contributed by atoms with E-state index in [9.17, 15) is 9.59 Å². The number of nitrogens with two attached hydrogens (primary N) is 1. The van der Waals surface area contributed by atoms with Crippen molar-refractivity contribution in [2.24, 2.45) is 5.73 Å². The van der Waals surface area contributed by atoms with Crippen molar-refractivity contribution in [1.82, 2.24) is 5.32 Å². The topological polar surface area (TPSA) is 92.4 Å². The molecule has 4 N–H and O–H groups in total. The van der Waals surface area contributed by atoms with Gasteiger partial charge in [-0.3, -0.25) is 14.9 Å². The highest BCUT2D eigenvalue weighted by atomic mass is 32.2. The minimum absolute atomic E-state index is 0.136. The lowest BCUT2D eigenvalue weighted by Crippen LogP contribution is -2.37. The molecule has 5 nitrogen and oxygen atoms in total. The third-order valence-corrected chi connectivity index (χ3v) is 2.77. The zero-order valence-corrected chi connectivity index (χ0v) is 7.13. The summed E-state index contributed by atoms with van der Waals surface area (Å²) in [6, 6.07) is -0.542. The number of hydrogen-bond donors (Lipinski definition) is 3. The molecule has 0 radical (unpaired) electrons. The van der Waals surface area contributed by atoms with E-state index in [1.165, 1.54) is 11.8 Å². The monoisotopic (exact) mass is 190 g/mol. The van der Waals surface area contributed by atoms with Gasteiger partial charge in [-0.25, -0.2) is 0 Å². The molecule has 0 bridgehead atoms. The number of thioether (sulfide) groups is 1. The van der Waals surface area contributed by atoms with Gasteiger partial charge in [-0.1, -0.05) is 0 Å². The molecule has 1 saturated heterocycles. The standard InChI is InChI=1S/C6H10N2O3S/c7-4(9)1-5-8-3(2-12-5)6(10)11/h3,5,8H,1-2H2,(H2,7,9)(H,10,11). The summed E-state index contributed by atoms with van der Waals surface area (Å²) in [4.78, 5) is 20.9. The lowest BCUT2D eigenvalue weighted by Gasteiger charge is -2.07. The number of primary amides is 1. The number of carboxylic acid groups (broad SMARTS) is 1. The zero-order valence-electron chi connectivity index (χ0n) is 6.32. The molecule has 1 aliphatic rings.